The number of thioether (sulfide) groups is 1. The number of aliphatic carboxylic acids is 1. The maximum absolute atomic E-state index is 10.8. The van der Waals surface area contributed by atoms with E-state index in [1.807, 2.05) is 20.8 Å². The minimum atomic E-state index is -0.779. The summed E-state index contributed by atoms with van der Waals surface area (Å²) in [5.41, 5.74) is -0.145. The van der Waals surface area contributed by atoms with Crippen LogP contribution >= 0.6 is 11.8 Å². The molecule has 0 rings (SSSR count). The van der Waals surface area contributed by atoms with Gasteiger partial charge in [0.1, 0.15) is 4.75 Å². The summed E-state index contributed by atoms with van der Waals surface area (Å²) in [6, 6.07) is 0. The maximum atomic E-state index is 10.8. The van der Waals surface area contributed by atoms with Crippen LogP contribution in [0.2, 0.25) is 0 Å². The third kappa shape index (κ3) is 6.27. The third-order valence-electron chi connectivity index (χ3n) is 1.60. The van der Waals surface area contributed by atoms with Gasteiger partial charge in [0.2, 0.25) is 0 Å². The lowest BCUT2D eigenvalue weighted by Crippen LogP contribution is -2.29. The van der Waals surface area contributed by atoms with E-state index in [0.29, 0.717) is 12.4 Å². The molecule has 0 atom stereocenters. The van der Waals surface area contributed by atoms with E-state index in [2.05, 4.69) is 0 Å². The molecule has 0 fully saturated rings. The molecule has 0 aliphatic rings. The highest BCUT2D eigenvalue weighted by Crippen LogP contribution is 2.24. The molecule has 3 nitrogen and oxygen atoms in total. The Morgan fingerprint density at radius 2 is 1.79 bits per heavy atom. The van der Waals surface area contributed by atoms with Crippen LogP contribution in [0.25, 0.3) is 0 Å². The normalized spacial score (nSPS) is 12.9. The zero-order valence-corrected chi connectivity index (χ0v) is 10.4. The van der Waals surface area contributed by atoms with Gasteiger partial charge in [-0.1, -0.05) is 0 Å². The molecule has 0 saturated carbocycles. The molecule has 0 radical (unpaired) electrons. The topological polar surface area (TPSA) is 46.5 Å². The molecular formula is C10H20O3S. The molecule has 0 aromatic carbocycles. The zero-order chi connectivity index (χ0) is 11.4. The van der Waals surface area contributed by atoms with E-state index in [1.165, 1.54) is 11.8 Å². The molecule has 0 amide bonds. The molecule has 0 spiro atoms. The molecule has 14 heavy (non-hydrogen) atoms. The van der Waals surface area contributed by atoms with Crippen molar-refractivity contribution in [2.45, 2.75) is 45.0 Å². The first-order chi connectivity index (χ1) is 6.15. The van der Waals surface area contributed by atoms with Crippen molar-refractivity contribution in [1.82, 2.24) is 0 Å². The fraction of sp³-hybridized carbons (Fsp3) is 0.900. The maximum Gasteiger partial charge on any atom is 0.319 e. The van der Waals surface area contributed by atoms with Crippen LogP contribution in [-0.4, -0.2) is 33.8 Å². The molecule has 0 unspecified atom stereocenters. The highest BCUT2D eigenvalue weighted by Gasteiger charge is 2.27. The largest absolute Gasteiger partial charge is 0.480 e. The van der Waals surface area contributed by atoms with Crippen molar-refractivity contribution < 1.29 is 14.6 Å². The van der Waals surface area contributed by atoms with Crippen molar-refractivity contribution in [2.75, 3.05) is 12.4 Å². The molecule has 0 heterocycles. The average Bonchev–Trinajstić information content (AvgIpc) is 1.96. The number of carboxylic acids is 1. The van der Waals surface area contributed by atoms with Crippen molar-refractivity contribution in [1.29, 1.82) is 0 Å². The Hall–Kier alpha value is -0.220. The van der Waals surface area contributed by atoms with E-state index >= 15 is 0 Å². The van der Waals surface area contributed by atoms with Gasteiger partial charge in [0.05, 0.1) is 12.2 Å². The minimum absolute atomic E-state index is 0.145. The number of hydrogen-bond acceptors (Lipinski definition) is 3. The summed E-state index contributed by atoms with van der Waals surface area (Å²) in [6.07, 6.45) is 0. The Bertz CT molecular complexity index is 194. The van der Waals surface area contributed by atoms with Crippen LogP contribution in [0.4, 0.5) is 0 Å². The predicted molar refractivity (Wildman–Crippen MR) is 59.9 cm³/mol. The Morgan fingerprint density at radius 1 is 1.29 bits per heavy atom. The smallest absolute Gasteiger partial charge is 0.319 e. The lowest BCUT2D eigenvalue weighted by molar-refractivity contribution is -0.138. The Kier molecular flexibility index (Phi) is 4.95. The first-order valence-electron chi connectivity index (χ1n) is 4.66. The van der Waals surface area contributed by atoms with Crippen molar-refractivity contribution >= 4 is 17.7 Å². The number of hydrogen-bond donors (Lipinski definition) is 1. The molecule has 4 heteroatoms. The van der Waals surface area contributed by atoms with Crippen molar-refractivity contribution in [3.8, 4) is 0 Å². The van der Waals surface area contributed by atoms with E-state index in [9.17, 15) is 4.79 Å². The summed E-state index contributed by atoms with van der Waals surface area (Å²) in [5, 5.41) is 8.84. The predicted octanol–water partition coefficient (Wildman–Crippen LogP) is 2.40. The molecule has 0 saturated heterocycles. The molecule has 84 valence electrons. The quantitative estimate of drug-likeness (QED) is 0.723. The summed E-state index contributed by atoms with van der Waals surface area (Å²) in [7, 11) is 0. The molecular weight excluding hydrogens is 200 g/mol. The minimum Gasteiger partial charge on any atom is -0.480 e. The molecule has 0 aromatic rings. The van der Waals surface area contributed by atoms with Gasteiger partial charge in [-0.3, -0.25) is 4.79 Å². The van der Waals surface area contributed by atoms with Crippen LogP contribution in [0, 0.1) is 0 Å². The Labute approximate surface area is 90.2 Å². The summed E-state index contributed by atoms with van der Waals surface area (Å²) < 4.78 is 4.77. The van der Waals surface area contributed by atoms with Crippen LogP contribution in [0.15, 0.2) is 0 Å². The number of rotatable bonds is 5. The second kappa shape index (κ2) is 5.03. The van der Waals surface area contributed by atoms with E-state index in [-0.39, 0.29) is 5.60 Å². The van der Waals surface area contributed by atoms with Gasteiger partial charge in [-0.05, 0) is 34.6 Å². The van der Waals surface area contributed by atoms with E-state index in [0.717, 1.165) is 0 Å². The molecule has 0 aliphatic carbocycles. The standard InChI is InChI=1S/C10H20O3S/c1-9(2,3)13-6-7-14-10(4,5)8(11)12/h6-7H2,1-5H3,(H,11,12). The van der Waals surface area contributed by atoms with Crippen LogP contribution in [0.5, 0.6) is 0 Å². The zero-order valence-electron chi connectivity index (χ0n) is 9.59. The summed E-state index contributed by atoms with van der Waals surface area (Å²) in [5.74, 6) is -0.0745. The summed E-state index contributed by atoms with van der Waals surface area (Å²) in [6.45, 7) is 9.96. The van der Waals surface area contributed by atoms with Gasteiger partial charge in [0, 0.05) is 5.75 Å². The Morgan fingerprint density at radius 3 is 2.14 bits per heavy atom. The van der Waals surface area contributed by atoms with Crippen LogP contribution in [0.1, 0.15) is 34.6 Å². The van der Waals surface area contributed by atoms with Gasteiger partial charge >= 0.3 is 5.97 Å². The first-order valence-corrected chi connectivity index (χ1v) is 5.65. The summed E-state index contributed by atoms with van der Waals surface area (Å²) >= 11 is 1.40. The van der Waals surface area contributed by atoms with E-state index in [4.69, 9.17) is 9.84 Å². The Balaban J connectivity index is 3.70. The van der Waals surface area contributed by atoms with Gasteiger partial charge in [-0.25, -0.2) is 0 Å². The molecule has 0 aromatic heterocycles. The second-order valence-electron chi connectivity index (χ2n) is 4.62. The number of carbonyl (C=O) groups is 1. The second-order valence-corrected chi connectivity index (χ2v) is 6.34. The van der Waals surface area contributed by atoms with Crippen LogP contribution in [0.3, 0.4) is 0 Å². The van der Waals surface area contributed by atoms with Gasteiger partial charge in [-0.2, -0.15) is 0 Å². The lowest BCUT2D eigenvalue weighted by atomic mass is 10.2. The van der Waals surface area contributed by atoms with Gasteiger partial charge in [0.25, 0.3) is 0 Å². The number of ether oxygens (including phenoxy) is 1. The summed E-state index contributed by atoms with van der Waals surface area (Å²) in [4.78, 5) is 10.8. The van der Waals surface area contributed by atoms with Crippen molar-refractivity contribution in [2.24, 2.45) is 0 Å². The van der Waals surface area contributed by atoms with Crippen LogP contribution in [-0.2, 0) is 9.53 Å². The van der Waals surface area contributed by atoms with E-state index in [1.54, 1.807) is 13.8 Å². The molecule has 0 bridgehead atoms. The van der Waals surface area contributed by atoms with Crippen molar-refractivity contribution in [3.63, 3.8) is 0 Å². The van der Waals surface area contributed by atoms with Gasteiger partial charge in [-0.15, -0.1) is 11.8 Å². The highest BCUT2D eigenvalue weighted by atomic mass is 32.2. The SMILES string of the molecule is CC(C)(C)OCCSC(C)(C)C(=O)O. The average molecular weight is 220 g/mol. The molecule has 1 N–H and O–H groups in total. The lowest BCUT2D eigenvalue weighted by Gasteiger charge is -2.22. The van der Waals surface area contributed by atoms with Crippen molar-refractivity contribution in [3.05, 3.63) is 0 Å². The van der Waals surface area contributed by atoms with Crippen LogP contribution < -0.4 is 0 Å². The highest BCUT2D eigenvalue weighted by molar-refractivity contribution is 8.01. The number of carboxylic acid groups (broad SMARTS) is 1. The third-order valence-corrected chi connectivity index (χ3v) is 2.86. The van der Waals surface area contributed by atoms with Gasteiger partial charge < -0.3 is 9.84 Å². The van der Waals surface area contributed by atoms with E-state index < -0.39 is 10.7 Å². The van der Waals surface area contributed by atoms with Gasteiger partial charge in [0.15, 0.2) is 0 Å². The first kappa shape index (κ1) is 13.8. The fourth-order valence-corrected chi connectivity index (χ4v) is 1.51. The fourth-order valence-electron chi connectivity index (χ4n) is 0.706. The molecule has 0 aliphatic heterocycles. The monoisotopic (exact) mass is 220 g/mol.